The average molecular weight is 721 g/mol. The summed E-state index contributed by atoms with van der Waals surface area (Å²) in [7, 11) is 6.47. The molecular formula is C38H52N6O8. The quantitative estimate of drug-likeness (QED) is 0.134. The van der Waals surface area contributed by atoms with Crippen LogP contribution in [0.2, 0.25) is 0 Å². The first-order valence-electron chi connectivity index (χ1n) is 17.6. The Kier molecular flexibility index (Phi) is 12.2. The molecule has 0 saturated heterocycles. The molecule has 14 nitrogen and oxygen atoms in total. The number of imidazole rings is 1. The van der Waals surface area contributed by atoms with E-state index in [4.69, 9.17) is 43.5 Å². The highest BCUT2D eigenvalue weighted by molar-refractivity contribution is 5.68. The number of benzene rings is 2. The van der Waals surface area contributed by atoms with E-state index in [9.17, 15) is 9.90 Å². The zero-order chi connectivity index (χ0) is 37.6. The molecule has 0 bridgehead atoms. The highest BCUT2D eigenvalue weighted by Crippen LogP contribution is 2.40. The third-order valence-corrected chi connectivity index (χ3v) is 9.01. The van der Waals surface area contributed by atoms with Crippen molar-refractivity contribution in [3.05, 3.63) is 59.4 Å². The number of nitrogens with zero attached hydrogens (tertiary/aromatic N) is 5. The van der Waals surface area contributed by atoms with Crippen molar-refractivity contribution < 1.29 is 38.3 Å². The maximum Gasteiger partial charge on any atom is 0.407 e. The van der Waals surface area contributed by atoms with Crippen LogP contribution in [0.5, 0.6) is 29.0 Å². The molecule has 5 rings (SSSR count). The maximum absolute atomic E-state index is 12.3. The summed E-state index contributed by atoms with van der Waals surface area (Å²) < 4.78 is 35.8. The normalized spacial score (nSPS) is 16.7. The van der Waals surface area contributed by atoms with Crippen molar-refractivity contribution >= 4 is 17.6 Å². The SMILES string of the molecule is CCC[C@H](C)Oc1nc(N(Cc2ccc(OC)cc2OC)Cc2ccc(OC)cc2OC)c2ncc([C@@H](O)C3CC(NC(=O)OC(C)(C)C)C3)n2n1. The van der Waals surface area contributed by atoms with Crippen LogP contribution < -0.4 is 33.9 Å². The van der Waals surface area contributed by atoms with Gasteiger partial charge in [-0.05, 0) is 77.1 Å². The Morgan fingerprint density at radius 2 is 1.58 bits per heavy atom. The van der Waals surface area contributed by atoms with Crippen molar-refractivity contribution in [1.82, 2.24) is 24.9 Å². The molecule has 282 valence electrons. The molecule has 0 spiro atoms. The van der Waals surface area contributed by atoms with Gasteiger partial charge >= 0.3 is 12.1 Å². The molecule has 4 aromatic rings. The number of anilines is 1. The van der Waals surface area contributed by atoms with Gasteiger partial charge in [-0.3, -0.25) is 0 Å². The van der Waals surface area contributed by atoms with E-state index in [0.717, 1.165) is 24.0 Å². The first-order chi connectivity index (χ1) is 24.9. The van der Waals surface area contributed by atoms with Gasteiger partial charge in [0.25, 0.3) is 0 Å². The van der Waals surface area contributed by atoms with Gasteiger partial charge in [-0.2, -0.15) is 4.98 Å². The van der Waals surface area contributed by atoms with E-state index < -0.39 is 17.8 Å². The lowest BCUT2D eigenvalue weighted by atomic mass is 9.76. The van der Waals surface area contributed by atoms with Gasteiger partial charge < -0.3 is 43.7 Å². The van der Waals surface area contributed by atoms with Crippen molar-refractivity contribution in [2.24, 2.45) is 5.92 Å². The van der Waals surface area contributed by atoms with Gasteiger partial charge in [0, 0.05) is 42.4 Å². The van der Waals surface area contributed by atoms with Crippen LogP contribution in [0.1, 0.15) is 83.2 Å². The van der Waals surface area contributed by atoms with E-state index in [0.29, 0.717) is 66.1 Å². The maximum atomic E-state index is 12.3. The van der Waals surface area contributed by atoms with E-state index >= 15 is 0 Å². The largest absolute Gasteiger partial charge is 0.497 e. The smallest absolute Gasteiger partial charge is 0.407 e. The van der Waals surface area contributed by atoms with Gasteiger partial charge in [0.15, 0.2) is 11.5 Å². The number of aliphatic hydroxyl groups excluding tert-OH is 1. The zero-order valence-corrected chi connectivity index (χ0v) is 31.6. The van der Waals surface area contributed by atoms with E-state index in [1.165, 1.54) is 0 Å². The third kappa shape index (κ3) is 9.08. The van der Waals surface area contributed by atoms with Crippen LogP contribution in [0.25, 0.3) is 5.65 Å². The molecule has 1 saturated carbocycles. The number of methoxy groups -OCH3 is 4. The summed E-state index contributed by atoms with van der Waals surface area (Å²) in [6.45, 7) is 10.2. The van der Waals surface area contributed by atoms with Crippen molar-refractivity contribution in [3.8, 4) is 29.0 Å². The van der Waals surface area contributed by atoms with E-state index in [2.05, 4.69) is 17.1 Å². The molecule has 2 heterocycles. The number of amides is 1. The second-order valence-electron chi connectivity index (χ2n) is 14.1. The number of hydrogen-bond acceptors (Lipinski definition) is 12. The fourth-order valence-corrected chi connectivity index (χ4v) is 6.31. The van der Waals surface area contributed by atoms with E-state index in [-0.39, 0.29) is 24.1 Å². The lowest BCUT2D eigenvalue weighted by molar-refractivity contribution is 0.0207. The van der Waals surface area contributed by atoms with Crippen LogP contribution in [0, 0.1) is 5.92 Å². The average Bonchev–Trinajstić information content (AvgIpc) is 3.52. The molecule has 1 aliphatic rings. The minimum atomic E-state index is -0.910. The summed E-state index contributed by atoms with van der Waals surface area (Å²) in [5.74, 6) is 2.97. The van der Waals surface area contributed by atoms with Crippen molar-refractivity contribution in [3.63, 3.8) is 0 Å². The lowest BCUT2D eigenvalue weighted by Crippen LogP contribution is -2.47. The van der Waals surface area contributed by atoms with Crippen molar-refractivity contribution in [1.29, 1.82) is 0 Å². The number of fused-ring (bicyclic) bond motifs is 1. The van der Waals surface area contributed by atoms with E-state index in [1.54, 1.807) is 39.2 Å². The van der Waals surface area contributed by atoms with Gasteiger partial charge in [0.05, 0.1) is 46.4 Å². The lowest BCUT2D eigenvalue weighted by Gasteiger charge is -2.38. The summed E-state index contributed by atoms with van der Waals surface area (Å²) in [4.78, 5) is 24.1. The van der Waals surface area contributed by atoms with Crippen LogP contribution in [0.3, 0.4) is 0 Å². The number of aromatic nitrogens is 4. The van der Waals surface area contributed by atoms with Crippen LogP contribution in [0.15, 0.2) is 42.6 Å². The topological polar surface area (TPSA) is 151 Å². The molecule has 2 aromatic heterocycles. The number of ether oxygens (including phenoxy) is 6. The van der Waals surface area contributed by atoms with Crippen molar-refractivity contribution in [2.45, 2.75) is 97.2 Å². The predicted octanol–water partition coefficient (Wildman–Crippen LogP) is 6.27. The number of aliphatic hydroxyl groups is 1. The Bertz CT molecular complexity index is 1760. The molecule has 1 fully saturated rings. The molecular weight excluding hydrogens is 668 g/mol. The van der Waals surface area contributed by atoms with Gasteiger partial charge in [-0.1, -0.05) is 13.3 Å². The van der Waals surface area contributed by atoms with Gasteiger partial charge in [-0.25, -0.2) is 14.3 Å². The minimum absolute atomic E-state index is 0.109. The van der Waals surface area contributed by atoms with E-state index in [1.807, 2.05) is 64.1 Å². The van der Waals surface area contributed by atoms with Gasteiger partial charge in [0.1, 0.15) is 34.7 Å². The second-order valence-corrected chi connectivity index (χ2v) is 14.1. The number of alkyl carbamates (subject to hydrolysis) is 1. The Hall–Kier alpha value is -4.98. The fourth-order valence-electron chi connectivity index (χ4n) is 6.31. The highest BCUT2D eigenvalue weighted by atomic mass is 16.6. The number of nitrogens with one attached hydrogen (secondary N) is 1. The molecule has 1 amide bonds. The van der Waals surface area contributed by atoms with Crippen LogP contribution in [0.4, 0.5) is 10.6 Å². The summed E-state index contributed by atoms with van der Waals surface area (Å²) in [6.07, 6.45) is 2.97. The Morgan fingerprint density at radius 1 is 0.981 bits per heavy atom. The summed E-state index contributed by atoms with van der Waals surface area (Å²) >= 11 is 0. The van der Waals surface area contributed by atoms with Crippen LogP contribution in [-0.2, 0) is 17.8 Å². The number of carbonyl (C=O) groups excluding carboxylic acids is 1. The molecule has 2 N–H and O–H groups in total. The first kappa shape index (κ1) is 38.3. The Morgan fingerprint density at radius 3 is 2.10 bits per heavy atom. The van der Waals surface area contributed by atoms with Gasteiger partial charge in [0.2, 0.25) is 0 Å². The number of rotatable bonds is 16. The van der Waals surface area contributed by atoms with Crippen molar-refractivity contribution in [2.75, 3.05) is 33.3 Å². The highest BCUT2D eigenvalue weighted by Gasteiger charge is 2.38. The molecule has 0 aliphatic heterocycles. The van der Waals surface area contributed by atoms with Gasteiger partial charge in [-0.15, -0.1) is 5.10 Å². The molecule has 0 radical (unpaired) electrons. The number of carbonyl (C=O) groups is 1. The fraction of sp³-hybridized carbons (Fsp3) is 0.526. The number of hydrogen-bond donors (Lipinski definition) is 2. The molecule has 0 unspecified atom stereocenters. The standard InChI is InChI=1S/C38H52N6O8/c1-10-11-23(2)51-36-41-35(34-39-20-30(44(34)42-36)33(45)26-16-27(17-26)40-37(46)52-38(3,4)5)43(21-24-12-14-28(47-6)18-31(24)49-8)22-25-13-15-29(48-7)19-32(25)50-9/h12-15,18-20,23,26-27,33,45H,10-11,16-17,21-22H2,1-9H3,(H,40,46)/t23-,26?,27?,33-/m0/s1. The summed E-state index contributed by atoms with van der Waals surface area (Å²) in [5, 5.41) is 19.3. The summed E-state index contributed by atoms with van der Waals surface area (Å²) in [6, 6.07) is 11.4. The summed E-state index contributed by atoms with van der Waals surface area (Å²) in [5.41, 5.74) is 2.09. The molecule has 2 atom stereocenters. The Labute approximate surface area is 305 Å². The first-order valence-corrected chi connectivity index (χ1v) is 17.6. The predicted molar refractivity (Wildman–Crippen MR) is 196 cm³/mol. The monoisotopic (exact) mass is 720 g/mol. The third-order valence-electron chi connectivity index (χ3n) is 9.01. The van der Waals surface area contributed by atoms with Crippen LogP contribution >= 0.6 is 0 Å². The molecule has 52 heavy (non-hydrogen) atoms. The molecule has 2 aromatic carbocycles. The molecule has 14 heteroatoms. The Balaban J connectivity index is 1.55. The zero-order valence-electron chi connectivity index (χ0n) is 31.6. The minimum Gasteiger partial charge on any atom is -0.497 e. The molecule has 1 aliphatic carbocycles. The second kappa shape index (κ2) is 16.6. The van der Waals surface area contributed by atoms with Crippen LogP contribution in [-0.4, -0.2) is 77.0 Å².